The van der Waals surface area contributed by atoms with Crippen molar-refractivity contribution in [3.8, 4) is 5.75 Å². The predicted molar refractivity (Wildman–Crippen MR) is 111 cm³/mol. The van der Waals surface area contributed by atoms with Gasteiger partial charge in [0.1, 0.15) is 11.4 Å². The first-order chi connectivity index (χ1) is 14.2. The van der Waals surface area contributed by atoms with Crippen LogP contribution < -0.4 is 4.74 Å². The van der Waals surface area contributed by atoms with E-state index in [1.807, 2.05) is 18.4 Å². The molecule has 3 aliphatic heterocycles. The van der Waals surface area contributed by atoms with Crippen LogP contribution in [0.3, 0.4) is 0 Å². The Kier molecular flexibility index (Phi) is 5.08. The molecule has 1 aromatic heterocycles. The summed E-state index contributed by atoms with van der Waals surface area (Å²) in [7, 11) is 0. The Morgan fingerprint density at radius 1 is 1.07 bits per heavy atom. The minimum absolute atomic E-state index is 0.142. The standard InChI is InChI=1S/C24H30N2O3/c27-23(26-10-3-4-11-26)15-20-16-24(29-22-6-2-1-5-21(20)22)8-12-25(13-9-24)17-19-7-14-28-18-19/h1-2,5-7,14,18,20H,3-4,8-13,15-17H2/t20-/m0/s1. The van der Waals surface area contributed by atoms with E-state index in [2.05, 4.69) is 28.0 Å². The number of para-hydroxylation sites is 1. The molecule has 0 radical (unpaired) electrons. The maximum absolute atomic E-state index is 12.9. The number of carbonyl (C=O) groups excluding carboxylic acids is 1. The number of carbonyl (C=O) groups is 1. The third kappa shape index (κ3) is 3.93. The van der Waals surface area contributed by atoms with Crippen molar-refractivity contribution in [3.05, 3.63) is 54.0 Å². The van der Waals surface area contributed by atoms with Gasteiger partial charge in [-0.05, 0) is 49.8 Å². The molecule has 5 nitrogen and oxygen atoms in total. The number of ether oxygens (including phenoxy) is 1. The summed E-state index contributed by atoms with van der Waals surface area (Å²) in [6.45, 7) is 4.82. The second-order valence-electron chi connectivity index (χ2n) is 8.92. The molecule has 3 aliphatic rings. The van der Waals surface area contributed by atoms with E-state index >= 15 is 0 Å². The molecule has 0 aliphatic carbocycles. The van der Waals surface area contributed by atoms with E-state index in [-0.39, 0.29) is 11.5 Å². The minimum Gasteiger partial charge on any atom is -0.487 e. The molecule has 5 rings (SSSR count). The summed E-state index contributed by atoms with van der Waals surface area (Å²) in [4.78, 5) is 17.4. The van der Waals surface area contributed by atoms with Gasteiger partial charge in [0.2, 0.25) is 5.91 Å². The zero-order valence-corrected chi connectivity index (χ0v) is 17.0. The average molecular weight is 395 g/mol. The molecule has 0 bridgehead atoms. The maximum atomic E-state index is 12.9. The highest BCUT2D eigenvalue weighted by Gasteiger charge is 2.43. The monoisotopic (exact) mass is 394 g/mol. The zero-order valence-electron chi connectivity index (χ0n) is 17.0. The molecule has 1 amide bonds. The van der Waals surface area contributed by atoms with Crippen LogP contribution >= 0.6 is 0 Å². The molecule has 1 spiro atoms. The summed E-state index contributed by atoms with van der Waals surface area (Å²) in [5.74, 6) is 1.56. The topological polar surface area (TPSA) is 45.9 Å². The van der Waals surface area contributed by atoms with Crippen LogP contribution in [0.1, 0.15) is 55.6 Å². The summed E-state index contributed by atoms with van der Waals surface area (Å²) >= 11 is 0. The summed E-state index contributed by atoms with van der Waals surface area (Å²) < 4.78 is 11.8. The molecule has 0 saturated carbocycles. The molecule has 29 heavy (non-hydrogen) atoms. The average Bonchev–Trinajstić information content (AvgIpc) is 3.44. The van der Waals surface area contributed by atoms with Crippen LogP contribution in [-0.4, -0.2) is 47.5 Å². The lowest BCUT2D eigenvalue weighted by molar-refractivity contribution is -0.131. The SMILES string of the molecule is O=C(C[C@H]1CC2(CCN(Cc3ccoc3)CC2)Oc2ccccc21)N1CCCC1. The van der Waals surface area contributed by atoms with Crippen LogP contribution in [0.25, 0.3) is 0 Å². The van der Waals surface area contributed by atoms with Crippen molar-refractivity contribution in [1.29, 1.82) is 0 Å². The minimum atomic E-state index is -0.142. The second kappa shape index (κ2) is 7.86. The Morgan fingerprint density at radius 2 is 1.86 bits per heavy atom. The van der Waals surface area contributed by atoms with Crippen LogP contribution in [-0.2, 0) is 11.3 Å². The Labute approximate surface area is 172 Å². The molecule has 2 fully saturated rings. The van der Waals surface area contributed by atoms with E-state index in [9.17, 15) is 4.79 Å². The lowest BCUT2D eigenvalue weighted by Gasteiger charge is -2.47. The number of piperidine rings is 1. The molecule has 0 N–H and O–H groups in total. The molecule has 2 saturated heterocycles. The number of benzene rings is 1. The van der Waals surface area contributed by atoms with E-state index in [1.165, 1.54) is 11.1 Å². The summed E-state index contributed by atoms with van der Waals surface area (Å²) in [6.07, 6.45) is 9.44. The number of likely N-dealkylation sites (tertiary alicyclic amines) is 2. The lowest BCUT2D eigenvalue weighted by Crippen LogP contribution is -2.50. The highest BCUT2D eigenvalue weighted by molar-refractivity contribution is 5.77. The Balaban J connectivity index is 1.29. The van der Waals surface area contributed by atoms with E-state index in [0.29, 0.717) is 12.3 Å². The molecular weight excluding hydrogens is 364 g/mol. The fourth-order valence-corrected chi connectivity index (χ4v) is 5.30. The largest absolute Gasteiger partial charge is 0.487 e. The lowest BCUT2D eigenvalue weighted by atomic mass is 9.76. The molecule has 1 aromatic carbocycles. The number of fused-ring (bicyclic) bond motifs is 1. The van der Waals surface area contributed by atoms with E-state index in [4.69, 9.17) is 9.15 Å². The number of rotatable bonds is 4. The van der Waals surface area contributed by atoms with Crippen molar-refractivity contribution >= 4 is 5.91 Å². The van der Waals surface area contributed by atoms with Crippen molar-refractivity contribution < 1.29 is 13.9 Å². The van der Waals surface area contributed by atoms with Crippen LogP contribution in [0.5, 0.6) is 5.75 Å². The van der Waals surface area contributed by atoms with Gasteiger partial charge in [0.05, 0.1) is 12.5 Å². The third-order valence-electron chi connectivity index (χ3n) is 6.94. The van der Waals surface area contributed by atoms with Gasteiger partial charge in [0.25, 0.3) is 0 Å². The van der Waals surface area contributed by atoms with Gasteiger partial charge in [-0.2, -0.15) is 0 Å². The molecule has 4 heterocycles. The third-order valence-corrected chi connectivity index (χ3v) is 6.94. The fraction of sp³-hybridized carbons (Fsp3) is 0.542. The molecule has 2 aromatic rings. The molecule has 0 unspecified atom stereocenters. The second-order valence-corrected chi connectivity index (χ2v) is 8.92. The Hall–Kier alpha value is -2.27. The van der Waals surface area contributed by atoms with Crippen LogP contribution in [0.2, 0.25) is 0 Å². The van der Waals surface area contributed by atoms with E-state index < -0.39 is 0 Å². The molecular formula is C24H30N2O3. The first-order valence-electron chi connectivity index (χ1n) is 11.0. The molecule has 1 atom stereocenters. The smallest absolute Gasteiger partial charge is 0.223 e. The number of nitrogens with zero attached hydrogens (tertiary/aromatic N) is 2. The highest BCUT2D eigenvalue weighted by Crippen LogP contribution is 2.46. The van der Waals surface area contributed by atoms with E-state index in [0.717, 1.165) is 70.6 Å². The first-order valence-corrected chi connectivity index (χ1v) is 11.0. The number of hydrogen-bond acceptors (Lipinski definition) is 4. The Bertz CT molecular complexity index is 834. The fourth-order valence-electron chi connectivity index (χ4n) is 5.30. The van der Waals surface area contributed by atoms with Crippen molar-refractivity contribution in [2.24, 2.45) is 0 Å². The predicted octanol–water partition coefficient (Wildman–Crippen LogP) is 4.19. The quantitative estimate of drug-likeness (QED) is 0.780. The van der Waals surface area contributed by atoms with Gasteiger partial charge in [0, 0.05) is 50.6 Å². The van der Waals surface area contributed by atoms with Gasteiger partial charge < -0.3 is 14.1 Å². The van der Waals surface area contributed by atoms with Crippen LogP contribution in [0.15, 0.2) is 47.3 Å². The summed E-state index contributed by atoms with van der Waals surface area (Å²) in [6, 6.07) is 10.4. The summed E-state index contributed by atoms with van der Waals surface area (Å²) in [5, 5.41) is 0. The van der Waals surface area contributed by atoms with Gasteiger partial charge in [-0.1, -0.05) is 18.2 Å². The van der Waals surface area contributed by atoms with Gasteiger partial charge >= 0.3 is 0 Å². The van der Waals surface area contributed by atoms with Crippen LogP contribution in [0.4, 0.5) is 0 Å². The van der Waals surface area contributed by atoms with Crippen molar-refractivity contribution in [2.75, 3.05) is 26.2 Å². The van der Waals surface area contributed by atoms with E-state index in [1.54, 1.807) is 6.26 Å². The van der Waals surface area contributed by atoms with Gasteiger partial charge in [0.15, 0.2) is 0 Å². The zero-order chi connectivity index (χ0) is 19.7. The van der Waals surface area contributed by atoms with Crippen molar-refractivity contribution in [1.82, 2.24) is 9.80 Å². The maximum Gasteiger partial charge on any atom is 0.223 e. The first kappa shape index (κ1) is 18.7. The van der Waals surface area contributed by atoms with Crippen molar-refractivity contribution in [2.45, 2.75) is 56.6 Å². The van der Waals surface area contributed by atoms with Gasteiger partial charge in [-0.25, -0.2) is 0 Å². The number of hydrogen-bond donors (Lipinski definition) is 0. The summed E-state index contributed by atoms with van der Waals surface area (Å²) in [5.41, 5.74) is 2.30. The normalized spacial score (nSPS) is 23.7. The molecule has 5 heteroatoms. The molecule has 154 valence electrons. The van der Waals surface area contributed by atoms with Crippen LogP contribution in [0, 0.1) is 0 Å². The van der Waals surface area contributed by atoms with Gasteiger partial charge in [-0.15, -0.1) is 0 Å². The highest BCUT2D eigenvalue weighted by atomic mass is 16.5. The Morgan fingerprint density at radius 3 is 2.62 bits per heavy atom. The number of amides is 1. The van der Waals surface area contributed by atoms with Crippen molar-refractivity contribution in [3.63, 3.8) is 0 Å². The number of furan rings is 1. The van der Waals surface area contributed by atoms with Gasteiger partial charge in [-0.3, -0.25) is 9.69 Å².